The predicted octanol–water partition coefficient (Wildman–Crippen LogP) is 2.29. The molecule has 4 aliphatic rings. The molecule has 0 amide bonds. The summed E-state index contributed by atoms with van der Waals surface area (Å²) in [5.74, 6) is 0.174. The topological polar surface area (TPSA) is 101 Å². The van der Waals surface area contributed by atoms with E-state index in [0.29, 0.717) is 29.9 Å². The highest BCUT2D eigenvalue weighted by Gasteiger charge is 2.30. The third-order valence-electron chi connectivity index (χ3n) is 7.78. The molecule has 8 heteroatoms. The summed E-state index contributed by atoms with van der Waals surface area (Å²) >= 11 is 0. The Bertz CT molecular complexity index is 1220. The lowest BCUT2D eigenvalue weighted by atomic mass is 9.92. The zero-order chi connectivity index (χ0) is 21.8. The van der Waals surface area contributed by atoms with E-state index in [-0.39, 0.29) is 23.7 Å². The standard InChI is InChI=1S/C24H30N6O2/c25-24-26-14-21-19-6-3-17(29-12-11-28-9-7-15(29)8-10-28)13-20(19)23(32)30(22(21)27-24)16-1-4-18(31)5-2-16/h3,6,13-16,18,31H,1-2,4-5,7-12H2,(H2,25,26,27). The van der Waals surface area contributed by atoms with Crippen LogP contribution < -0.4 is 16.2 Å². The van der Waals surface area contributed by atoms with Gasteiger partial charge < -0.3 is 20.6 Å². The lowest BCUT2D eigenvalue weighted by molar-refractivity contribution is 0.111. The van der Waals surface area contributed by atoms with Gasteiger partial charge in [-0.2, -0.15) is 4.98 Å². The van der Waals surface area contributed by atoms with E-state index in [4.69, 9.17) is 5.73 Å². The van der Waals surface area contributed by atoms with Crippen molar-refractivity contribution in [3.63, 3.8) is 0 Å². The first kappa shape index (κ1) is 19.9. The molecule has 8 nitrogen and oxygen atoms in total. The maximum absolute atomic E-state index is 13.9. The van der Waals surface area contributed by atoms with Crippen molar-refractivity contribution in [3.8, 4) is 0 Å². The number of nitrogens with two attached hydrogens (primary N) is 1. The van der Waals surface area contributed by atoms with Crippen molar-refractivity contribution in [2.45, 2.75) is 56.7 Å². The molecule has 0 unspecified atom stereocenters. The monoisotopic (exact) mass is 434 g/mol. The van der Waals surface area contributed by atoms with Gasteiger partial charge in [-0.05, 0) is 56.0 Å². The van der Waals surface area contributed by atoms with Gasteiger partial charge in [-0.15, -0.1) is 0 Å². The molecule has 0 spiro atoms. The molecule has 7 rings (SSSR count). The minimum absolute atomic E-state index is 0.0114. The molecular formula is C24H30N6O2. The van der Waals surface area contributed by atoms with Gasteiger partial charge in [0.1, 0.15) is 5.65 Å². The molecule has 1 aliphatic carbocycles. The molecular weight excluding hydrogens is 404 g/mol. The van der Waals surface area contributed by atoms with E-state index in [1.165, 1.54) is 25.9 Å². The van der Waals surface area contributed by atoms with E-state index >= 15 is 0 Å². The first-order valence-corrected chi connectivity index (χ1v) is 11.9. The number of hydrogen-bond acceptors (Lipinski definition) is 7. The number of pyridine rings is 1. The van der Waals surface area contributed by atoms with Gasteiger partial charge in [0.2, 0.25) is 5.95 Å². The van der Waals surface area contributed by atoms with Crippen LogP contribution in [0.25, 0.3) is 21.8 Å². The van der Waals surface area contributed by atoms with E-state index in [2.05, 4.69) is 38.0 Å². The van der Waals surface area contributed by atoms with Gasteiger partial charge in [0.25, 0.3) is 5.56 Å². The number of nitrogens with zero attached hydrogens (tertiary/aromatic N) is 5. The van der Waals surface area contributed by atoms with Crippen molar-refractivity contribution in [1.29, 1.82) is 0 Å². The van der Waals surface area contributed by atoms with E-state index in [0.717, 1.165) is 42.4 Å². The van der Waals surface area contributed by atoms with Crippen LogP contribution >= 0.6 is 0 Å². The first-order valence-electron chi connectivity index (χ1n) is 11.9. The highest BCUT2D eigenvalue weighted by molar-refractivity contribution is 6.05. The fourth-order valence-electron chi connectivity index (χ4n) is 5.99. The predicted molar refractivity (Wildman–Crippen MR) is 126 cm³/mol. The second-order valence-corrected chi connectivity index (χ2v) is 9.60. The van der Waals surface area contributed by atoms with E-state index in [1.54, 1.807) is 6.20 Å². The number of rotatable bonds is 2. The van der Waals surface area contributed by atoms with Crippen LogP contribution in [-0.2, 0) is 0 Å². The van der Waals surface area contributed by atoms with Gasteiger partial charge in [-0.25, -0.2) is 4.98 Å². The molecule has 2 bridgehead atoms. The average molecular weight is 435 g/mol. The molecule has 2 aromatic heterocycles. The number of aromatic nitrogens is 3. The van der Waals surface area contributed by atoms with Crippen LogP contribution in [0.15, 0.2) is 29.2 Å². The van der Waals surface area contributed by atoms with Crippen molar-refractivity contribution < 1.29 is 5.11 Å². The Hall–Kier alpha value is -2.71. The van der Waals surface area contributed by atoms with Crippen molar-refractivity contribution >= 4 is 33.4 Å². The Morgan fingerprint density at radius 2 is 1.69 bits per heavy atom. The quantitative estimate of drug-likeness (QED) is 0.597. The molecule has 3 N–H and O–H groups in total. The van der Waals surface area contributed by atoms with Crippen molar-refractivity contribution in [2.75, 3.05) is 36.8 Å². The number of fused-ring (bicyclic) bond motifs is 7. The lowest BCUT2D eigenvalue weighted by Crippen LogP contribution is -2.38. The summed E-state index contributed by atoms with van der Waals surface area (Å²) in [5, 5.41) is 12.4. The van der Waals surface area contributed by atoms with Crippen LogP contribution in [-0.4, -0.2) is 62.9 Å². The van der Waals surface area contributed by atoms with Crippen LogP contribution in [0.1, 0.15) is 44.6 Å². The number of aliphatic hydroxyl groups excluding tert-OH is 1. The molecule has 4 fully saturated rings. The van der Waals surface area contributed by atoms with Crippen LogP contribution in [0.2, 0.25) is 0 Å². The SMILES string of the molecule is Nc1ncc2c3ccc(N4CCN5CCC4CC5)cc3c(=O)n(C3CCC(O)CC3)c2n1. The number of nitrogen functional groups attached to an aromatic ring is 1. The summed E-state index contributed by atoms with van der Waals surface area (Å²) in [4.78, 5) is 27.6. The average Bonchev–Trinajstić information content (AvgIpc) is 3.14. The largest absolute Gasteiger partial charge is 0.393 e. The summed E-state index contributed by atoms with van der Waals surface area (Å²) in [6, 6.07) is 6.83. The Morgan fingerprint density at radius 1 is 0.906 bits per heavy atom. The molecule has 3 aliphatic heterocycles. The molecule has 5 heterocycles. The van der Waals surface area contributed by atoms with Crippen molar-refractivity contribution in [2.24, 2.45) is 0 Å². The summed E-state index contributed by atoms with van der Waals surface area (Å²) in [6.07, 6.45) is 6.73. The molecule has 1 saturated carbocycles. The fourth-order valence-corrected chi connectivity index (χ4v) is 5.99. The number of hydrogen-bond donors (Lipinski definition) is 2. The fraction of sp³-hybridized carbons (Fsp3) is 0.542. The van der Waals surface area contributed by atoms with Gasteiger partial charge in [0, 0.05) is 55.5 Å². The summed E-state index contributed by atoms with van der Waals surface area (Å²) in [7, 11) is 0. The summed E-state index contributed by atoms with van der Waals surface area (Å²) < 4.78 is 1.82. The molecule has 0 radical (unpaired) electrons. The number of aliphatic hydroxyl groups is 1. The van der Waals surface area contributed by atoms with E-state index < -0.39 is 0 Å². The zero-order valence-corrected chi connectivity index (χ0v) is 18.3. The van der Waals surface area contributed by atoms with Crippen LogP contribution in [0, 0.1) is 0 Å². The molecule has 32 heavy (non-hydrogen) atoms. The molecule has 1 aromatic carbocycles. The smallest absolute Gasteiger partial charge is 0.260 e. The zero-order valence-electron chi connectivity index (χ0n) is 18.3. The normalized spacial score (nSPS) is 28.3. The number of benzene rings is 1. The number of anilines is 2. The molecule has 3 saturated heterocycles. The Balaban J connectivity index is 1.53. The minimum atomic E-state index is -0.283. The minimum Gasteiger partial charge on any atom is -0.393 e. The van der Waals surface area contributed by atoms with Crippen molar-refractivity contribution in [3.05, 3.63) is 34.7 Å². The number of piperidine rings is 1. The second-order valence-electron chi connectivity index (χ2n) is 9.60. The van der Waals surface area contributed by atoms with Crippen LogP contribution in [0.5, 0.6) is 0 Å². The third-order valence-corrected chi connectivity index (χ3v) is 7.78. The molecule has 3 aromatic rings. The Labute approximate surface area is 186 Å². The van der Waals surface area contributed by atoms with Gasteiger partial charge >= 0.3 is 0 Å². The summed E-state index contributed by atoms with van der Waals surface area (Å²) in [6.45, 7) is 4.41. The van der Waals surface area contributed by atoms with Crippen LogP contribution in [0.3, 0.4) is 0 Å². The molecule has 0 atom stereocenters. The van der Waals surface area contributed by atoms with Gasteiger partial charge in [0.05, 0.1) is 11.5 Å². The highest BCUT2D eigenvalue weighted by atomic mass is 16.3. The summed E-state index contributed by atoms with van der Waals surface area (Å²) in [5.41, 5.74) is 7.64. The van der Waals surface area contributed by atoms with E-state index in [1.807, 2.05) is 4.57 Å². The second kappa shape index (κ2) is 7.71. The van der Waals surface area contributed by atoms with Crippen molar-refractivity contribution in [1.82, 2.24) is 19.4 Å². The first-order chi connectivity index (χ1) is 15.6. The third kappa shape index (κ3) is 3.24. The van der Waals surface area contributed by atoms with E-state index in [9.17, 15) is 9.90 Å². The lowest BCUT2D eigenvalue weighted by Gasteiger charge is -2.33. The van der Waals surface area contributed by atoms with Gasteiger partial charge in [0.15, 0.2) is 0 Å². The van der Waals surface area contributed by atoms with Gasteiger partial charge in [-0.3, -0.25) is 9.36 Å². The highest BCUT2D eigenvalue weighted by Crippen LogP contribution is 2.34. The van der Waals surface area contributed by atoms with Crippen LogP contribution in [0.4, 0.5) is 11.6 Å². The Kier molecular flexibility index (Phi) is 4.80. The Morgan fingerprint density at radius 3 is 2.47 bits per heavy atom. The molecule has 168 valence electrons. The maximum atomic E-state index is 13.9. The maximum Gasteiger partial charge on any atom is 0.260 e. The van der Waals surface area contributed by atoms with Gasteiger partial charge in [-0.1, -0.05) is 6.07 Å².